The maximum Gasteiger partial charge on any atom is 0.153 e. The maximum absolute atomic E-state index is 10.4. The molecule has 0 saturated heterocycles. The molecule has 0 aliphatic heterocycles. The van der Waals surface area contributed by atoms with E-state index in [0.29, 0.717) is 11.8 Å². The minimum atomic E-state index is 0.0600. The molecule has 0 heterocycles. The lowest BCUT2D eigenvalue weighted by Gasteiger charge is -2.00. The first-order valence-corrected chi connectivity index (χ1v) is 4.05. The molecule has 0 spiro atoms. The number of aldehydes is 1. The summed E-state index contributed by atoms with van der Waals surface area (Å²) in [5, 5.41) is 9.17. The van der Waals surface area contributed by atoms with Gasteiger partial charge < -0.3 is 5.11 Å². The van der Waals surface area contributed by atoms with E-state index in [1.165, 1.54) is 0 Å². The molecule has 0 amide bonds. The summed E-state index contributed by atoms with van der Waals surface area (Å²) in [6, 6.07) is 5.13. The molecule has 2 nitrogen and oxygen atoms in total. The summed E-state index contributed by atoms with van der Waals surface area (Å²) in [7, 11) is 0. The zero-order chi connectivity index (χ0) is 8.97. The second kappa shape index (κ2) is 3.90. The summed E-state index contributed by atoms with van der Waals surface area (Å²) in [6.07, 6.45) is 2.67. The van der Waals surface area contributed by atoms with E-state index >= 15 is 0 Å². The number of benzene rings is 1. The molecule has 0 unspecified atom stereocenters. The van der Waals surface area contributed by atoms with Gasteiger partial charge in [0.25, 0.3) is 0 Å². The Labute approximate surface area is 71.8 Å². The van der Waals surface area contributed by atoms with Crippen molar-refractivity contribution < 1.29 is 9.90 Å². The van der Waals surface area contributed by atoms with Crippen LogP contribution in [0, 0.1) is 0 Å². The van der Waals surface area contributed by atoms with Gasteiger partial charge in [-0.2, -0.15) is 0 Å². The quantitative estimate of drug-likeness (QED) is 0.695. The molecule has 0 radical (unpaired) electrons. The van der Waals surface area contributed by atoms with Gasteiger partial charge >= 0.3 is 0 Å². The van der Waals surface area contributed by atoms with E-state index in [2.05, 4.69) is 6.92 Å². The van der Waals surface area contributed by atoms with Crippen LogP contribution in [0.5, 0.6) is 5.75 Å². The predicted octanol–water partition coefficient (Wildman–Crippen LogP) is 2.16. The summed E-state index contributed by atoms with van der Waals surface area (Å²) in [5.74, 6) is 0.0600. The van der Waals surface area contributed by atoms with Crippen LogP contribution in [0.15, 0.2) is 18.2 Å². The van der Waals surface area contributed by atoms with Crippen molar-refractivity contribution in [1.29, 1.82) is 0 Å². The van der Waals surface area contributed by atoms with Crippen LogP contribution in [0.2, 0.25) is 0 Å². The number of carbonyl (C=O) groups is 1. The Morgan fingerprint density at radius 3 is 2.83 bits per heavy atom. The number of rotatable bonds is 3. The molecular weight excluding hydrogens is 152 g/mol. The molecule has 2 heteroatoms. The number of hydrogen-bond donors (Lipinski definition) is 1. The average molecular weight is 164 g/mol. The van der Waals surface area contributed by atoms with Gasteiger partial charge in [0.1, 0.15) is 5.75 Å². The van der Waals surface area contributed by atoms with Crippen molar-refractivity contribution in [3.8, 4) is 5.75 Å². The van der Waals surface area contributed by atoms with Crippen LogP contribution in [0.3, 0.4) is 0 Å². The average Bonchev–Trinajstić information content (AvgIpc) is 2.09. The lowest BCUT2D eigenvalue weighted by atomic mass is 10.1. The molecule has 0 aliphatic carbocycles. The second-order valence-electron chi connectivity index (χ2n) is 2.76. The fourth-order valence-electron chi connectivity index (χ4n) is 1.14. The third-order valence-electron chi connectivity index (χ3n) is 1.76. The molecule has 0 saturated carbocycles. The number of aromatic hydroxyl groups is 1. The Hall–Kier alpha value is -1.31. The monoisotopic (exact) mass is 164 g/mol. The van der Waals surface area contributed by atoms with Crippen LogP contribution in [-0.2, 0) is 6.42 Å². The summed E-state index contributed by atoms with van der Waals surface area (Å²) in [4.78, 5) is 10.4. The summed E-state index contributed by atoms with van der Waals surface area (Å²) >= 11 is 0. The maximum atomic E-state index is 10.4. The molecule has 1 aromatic carbocycles. The van der Waals surface area contributed by atoms with E-state index in [1.54, 1.807) is 12.1 Å². The van der Waals surface area contributed by atoms with Gasteiger partial charge in [0, 0.05) is 0 Å². The molecule has 0 atom stereocenters. The minimum Gasteiger partial charge on any atom is -0.507 e. The fraction of sp³-hybridized carbons (Fsp3) is 0.300. The Morgan fingerprint density at radius 2 is 2.25 bits per heavy atom. The third-order valence-corrected chi connectivity index (χ3v) is 1.76. The number of phenols is 1. The Morgan fingerprint density at radius 1 is 1.50 bits per heavy atom. The lowest BCUT2D eigenvalue weighted by Crippen LogP contribution is -1.87. The third kappa shape index (κ3) is 1.84. The van der Waals surface area contributed by atoms with Crippen molar-refractivity contribution in [2.45, 2.75) is 19.8 Å². The van der Waals surface area contributed by atoms with Crippen LogP contribution < -0.4 is 0 Å². The Bertz CT molecular complexity index is 279. The van der Waals surface area contributed by atoms with Gasteiger partial charge in [-0.15, -0.1) is 0 Å². The molecular formula is C10H12O2. The van der Waals surface area contributed by atoms with E-state index < -0.39 is 0 Å². The highest BCUT2D eigenvalue weighted by Gasteiger charge is 1.99. The van der Waals surface area contributed by atoms with Gasteiger partial charge in [0.05, 0.1) is 5.56 Å². The Balaban J connectivity index is 2.96. The molecule has 0 aromatic heterocycles. The molecule has 0 bridgehead atoms. The summed E-state index contributed by atoms with van der Waals surface area (Å²) in [5.41, 5.74) is 1.47. The van der Waals surface area contributed by atoms with Gasteiger partial charge in [0.15, 0.2) is 6.29 Å². The predicted molar refractivity (Wildman–Crippen MR) is 47.5 cm³/mol. The van der Waals surface area contributed by atoms with Gasteiger partial charge in [-0.25, -0.2) is 0 Å². The number of phenolic OH excluding ortho intramolecular Hbond substituents is 1. The first kappa shape index (κ1) is 8.78. The lowest BCUT2D eigenvalue weighted by molar-refractivity contribution is 0.112. The van der Waals surface area contributed by atoms with Crippen molar-refractivity contribution in [3.05, 3.63) is 29.3 Å². The largest absolute Gasteiger partial charge is 0.507 e. The molecule has 0 aliphatic rings. The highest BCUT2D eigenvalue weighted by molar-refractivity contribution is 5.79. The molecule has 1 aromatic rings. The highest BCUT2D eigenvalue weighted by Crippen LogP contribution is 2.16. The van der Waals surface area contributed by atoms with Crippen molar-refractivity contribution in [1.82, 2.24) is 0 Å². The smallest absolute Gasteiger partial charge is 0.153 e. The van der Waals surface area contributed by atoms with Gasteiger partial charge in [-0.3, -0.25) is 4.79 Å². The summed E-state index contributed by atoms with van der Waals surface area (Å²) < 4.78 is 0. The van der Waals surface area contributed by atoms with Crippen LogP contribution >= 0.6 is 0 Å². The topological polar surface area (TPSA) is 37.3 Å². The number of hydrogen-bond acceptors (Lipinski definition) is 2. The fourth-order valence-corrected chi connectivity index (χ4v) is 1.14. The minimum absolute atomic E-state index is 0.0600. The number of aryl methyl sites for hydroxylation is 1. The van der Waals surface area contributed by atoms with E-state index in [9.17, 15) is 9.90 Å². The summed E-state index contributed by atoms with van der Waals surface area (Å²) in [6.45, 7) is 2.08. The van der Waals surface area contributed by atoms with Crippen LogP contribution in [0.4, 0.5) is 0 Å². The zero-order valence-corrected chi connectivity index (χ0v) is 7.08. The van der Waals surface area contributed by atoms with Gasteiger partial charge in [-0.1, -0.05) is 19.4 Å². The first-order valence-electron chi connectivity index (χ1n) is 4.05. The molecule has 0 fully saturated rings. The first-order chi connectivity index (χ1) is 5.77. The van der Waals surface area contributed by atoms with Crippen molar-refractivity contribution in [2.75, 3.05) is 0 Å². The van der Waals surface area contributed by atoms with Crippen molar-refractivity contribution in [3.63, 3.8) is 0 Å². The molecule has 1 N–H and O–H groups in total. The molecule has 12 heavy (non-hydrogen) atoms. The second-order valence-corrected chi connectivity index (χ2v) is 2.76. The van der Waals surface area contributed by atoms with Gasteiger partial charge in [0.2, 0.25) is 0 Å². The van der Waals surface area contributed by atoms with Crippen LogP contribution in [-0.4, -0.2) is 11.4 Å². The molecule has 1 rings (SSSR count). The van der Waals surface area contributed by atoms with E-state index in [1.807, 2.05) is 6.07 Å². The van der Waals surface area contributed by atoms with Crippen LogP contribution in [0.25, 0.3) is 0 Å². The van der Waals surface area contributed by atoms with Crippen LogP contribution in [0.1, 0.15) is 29.3 Å². The van der Waals surface area contributed by atoms with Crippen molar-refractivity contribution >= 4 is 6.29 Å². The van der Waals surface area contributed by atoms with E-state index in [0.717, 1.165) is 18.4 Å². The SMILES string of the molecule is CCCc1ccc(O)c(C=O)c1. The number of carbonyl (C=O) groups excluding carboxylic acids is 1. The standard InChI is InChI=1S/C10H12O2/c1-2-3-8-4-5-10(12)9(6-8)7-11/h4-7,12H,2-3H2,1H3. The normalized spacial score (nSPS) is 9.75. The van der Waals surface area contributed by atoms with Gasteiger partial charge in [-0.05, 0) is 24.1 Å². The molecule has 64 valence electrons. The zero-order valence-electron chi connectivity index (χ0n) is 7.08. The van der Waals surface area contributed by atoms with E-state index in [4.69, 9.17) is 0 Å². The van der Waals surface area contributed by atoms with E-state index in [-0.39, 0.29) is 5.75 Å². The van der Waals surface area contributed by atoms with Crippen molar-refractivity contribution in [2.24, 2.45) is 0 Å². The highest BCUT2D eigenvalue weighted by atomic mass is 16.3. The Kier molecular flexibility index (Phi) is 2.86.